The molecule has 0 aliphatic heterocycles. The van der Waals surface area contributed by atoms with Crippen LogP contribution in [0.5, 0.6) is 0 Å². The minimum Gasteiger partial charge on any atom is -0.329 e. The standard InChI is InChI=1S/C13H21BrN2O2S/c1-10-8-11(4-5-12(10)14)13(9-15)16(2)6-7-19(3,17)18/h4-5,8,13H,6-7,9,15H2,1-3H3. The summed E-state index contributed by atoms with van der Waals surface area (Å²) in [6.45, 7) is 2.97. The summed E-state index contributed by atoms with van der Waals surface area (Å²) >= 11 is 3.47. The molecular weight excluding hydrogens is 328 g/mol. The summed E-state index contributed by atoms with van der Waals surface area (Å²) < 4.78 is 23.5. The molecule has 4 nitrogen and oxygen atoms in total. The second-order valence-electron chi connectivity index (χ2n) is 4.87. The number of nitrogens with two attached hydrogens (primary N) is 1. The molecule has 19 heavy (non-hydrogen) atoms. The second kappa shape index (κ2) is 6.83. The highest BCUT2D eigenvalue weighted by atomic mass is 79.9. The molecule has 0 heterocycles. The summed E-state index contributed by atoms with van der Waals surface area (Å²) in [7, 11) is -1.05. The van der Waals surface area contributed by atoms with Crippen molar-refractivity contribution >= 4 is 25.8 Å². The van der Waals surface area contributed by atoms with Crippen molar-refractivity contribution in [3.63, 3.8) is 0 Å². The van der Waals surface area contributed by atoms with Gasteiger partial charge in [-0.3, -0.25) is 4.90 Å². The van der Waals surface area contributed by atoms with E-state index in [1.165, 1.54) is 6.26 Å². The van der Waals surface area contributed by atoms with Gasteiger partial charge in [-0.05, 0) is 31.2 Å². The lowest BCUT2D eigenvalue weighted by Crippen LogP contribution is -2.34. The molecule has 1 aromatic carbocycles. The van der Waals surface area contributed by atoms with Crippen LogP contribution in [0.15, 0.2) is 22.7 Å². The third-order valence-electron chi connectivity index (χ3n) is 3.14. The molecule has 108 valence electrons. The van der Waals surface area contributed by atoms with Gasteiger partial charge >= 0.3 is 0 Å². The van der Waals surface area contributed by atoms with Gasteiger partial charge in [-0.1, -0.05) is 28.1 Å². The maximum Gasteiger partial charge on any atom is 0.148 e. The molecule has 0 aliphatic carbocycles. The average molecular weight is 349 g/mol. The Morgan fingerprint density at radius 2 is 2.05 bits per heavy atom. The number of benzene rings is 1. The highest BCUT2D eigenvalue weighted by molar-refractivity contribution is 9.10. The molecule has 0 radical (unpaired) electrons. The van der Waals surface area contributed by atoms with Crippen molar-refractivity contribution in [3.05, 3.63) is 33.8 Å². The molecule has 2 N–H and O–H groups in total. The third-order valence-corrected chi connectivity index (χ3v) is 4.95. The Morgan fingerprint density at radius 3 is 2.53 bits per heavy atom. The Labute approximate surface area is 124 Å². The van der Waals surface area contributed by atoms with E-state index in [1.807, 2.05) is 31.0 Å². The second-order valence-corrected chi connectivity index (χ2v) is 7.98. The van der Waals surface area contributed by atoms with Crippen LogP contribution in [0, 0.1) is 6.92 Å². The zero-order valence-corrected chi connectivity index (χ0v) is 14.0. The van der Waals surface area contributed by atoms with Gasteiger partial charge in [0.15, 0.2) is 0 Å². The van der Waals surface area contributed by atoms with Gasteiger partial charge < -0.3 is 5.73 Å². The fraction of sp³-hybridized carbons (Fsp3) is 0.538. The van der Waals surface area contributed by atoms with Crippen molar-refractivity contribution in [2.24, 2.45) is 5.73 Å². The quantitative estimate of drug-likeness (QED) is 0.850. The predicted octanol–water partition coefficient (Wildman–Crippen LogP) is 1.73. The SMILES string of the molecule is Cc1cc(C(CN)N(C)CCS(C)(=O)=O)ccc1Br. The van der Waals surface area contributed by atoms with E-state index in [9.17, 15) is 8.42 Å². The van der Waals surface area contributed by atoms with Gasteiger partial charge in [0.05, 0.1) is 5.75 Å². The zero-order chi connectivity index (χ0) is 14.6. The Bertz CT molecular complexity index is 531. The first-order valence-electron chi connectivity index (χ1n) is 6.08. The van der Waals surface area contributed by atoms with Gasteiger partial charge in [-0.15, -0.1) is 0 Å². The van der Waals surface area contributed by atoms with Crippen LogP contribution in [-0.4, -0.2) is 45.5 Å². The molecule has 0 saturated carbocycles. The van der Waals surface area contributed by atoms with Gasteiger partial charge in [-0.2, -0.15) is 0 Å². The highest BCUT2D eigenvalue weighted by Crippen LogP contribution is 2.23. The Hall–Kier alpha value is -0.430. The molecule has 6 heteroatoms. The number of hydrogen-bond donors (Lipinski definition) is 1. The van der Waals surface area contributed by atoms with Crippen molar-refractivity contribution in [2.45, 2.75) is 13.0 Å². The zero-order valence-electron chi connectivity index (χ0n) is 11.6. The van der Waals surface area contributed by atoms with E-state index < -0.39 is 9.84 Å². The fourth-order valence-corrected chi connectivity index (χ4v) is 2.78. The molecule has 1 unspecified atom stereocenters. The number of aryl methyl sites for hydroxylation is 1. The molecule has 0 bridgehead atoms. The van der Waals surface area contributed by atoms with Gasteiger partial charge in [0.2, 0.25) is 0 Å². The monoisotopic (exact) mass is 348 g/mol. The van der Waals surface area contributed by atoms with Crippen molar-refractivity contribution < 1.29 is 8.42 Å². The van der Waals surface area contributed by atoms with Crippen molar-refractivity contribution in [2.75, 3.05) is 32.1 Å². The van der Waals surface area contributed by atoms with Crippen LogP contribution in [0.4, 0.5) is 0 Å². The molecule has 0 spiro atoms. The first-order chi connectivity index (χ1) is 8.74. The van der Waals surface area contributed by atoms with Crippen LogP contribution in [0.3, 0.4) is 0 Å². The van der Waals surface area contributed by atoms with Crippen LogP contribution < -0.4 is 5.73 Å². The Morgan fingerprint density at radius 1 is 1.42 bits per heavy atom. The Balaban J connectivity index is 2.84. The van der Waals surface area contributed by atoms with E-state index in [1.54, 1.807) is 0 Å². The van der Waals surface area contributed by atoms with Gasteiger partial charge in [0.1, 0.15) is 9.84 Å². The normalized spacial score (nSPS) is 13.8. The molecule has 0 fully saturated rings. The highest BCUT2D eigenvalue weighted by Gasteiger charge is 2.17. The number of halogens is 1. The molecule has 0 amide bonds. The van der Waals surface area contributed by atoms with Crippen molar-refractivity contribution in [1.29, 1.82) is 0 Å². The summed E-state index contributed by atoms with van der Waals surface area (Å²) in [5, 5.41) is 0. The maximum atomic E-state index is 11.2. The smallest absolute Gasteiger partial charge is 0.148 e. The minimum atomic E-state index is -2.95. The van der Waals surface area contributed by atoms with E-state index in [4.69, 9.17) is 5.73 Å². The van der Waals surface area contributed by atoms with Crippen LogP contribution >= 0.6 is 15.9 Å². The number of nitrogens with zero attached hydrogens (tertiary/aromatic N) is 1. The summed E-state index contributed by atoms with van der Waals surface area (Å²) in [5.74, 6) is 0.148. The summed E-state index contributed by atoms with van der Waals surface area (Å²) in [4.78, 5) is 1.99. The van der Waals surface area contributed by atoms with Crippen LogP contribution in [0.2, 0.25) is 0 Å². The van der Waals surface area contributed by atoms with Crippen LogP contribution in [0.25, 0.3) is 0 Å². The lowest BCUT2D eigenvalue weighted by atomic mass is 10.0. The van der Waals surface area contributed by atoms with Crippen molar-refractivity contribution in [1.82, 2.24) is 4.90 Å². The van der Waals surface area contributed by atoms with E-state index >= 15 is 0 Å². The average Bonchev–Trinajstić information content (AvgIpc) is 2.31. The summed E-state index contributed by atoms with van der Waals surface area (Å²) in [5.41, 5.74) is 8.09. The van der Waals surface area contributed by atoms with Crippen LogP contribution in [0.1, 0.15) is 17.2 Å². The lowest BCUT2D eigenvalue weighted by Gasteiger charge is -2.27. The number of likely N-dealkylation sites (N-methyl/N-ethyl adjacent to an activating group) is 1. The largest absolute Gasteiger partial charge is 0.329 e. The minimum absolute atomic E-state index is 0.0357. The Kier molecular flexibility index (Phi) is 5.98. The number of hydrogen-bond acceptors (Lipinski definition) is 4. The third kappa shape index (κ3) is 5.22. The van der Waals surface area contributed by atoms with E-state index in [0.717, 1.165) is 15.6 Å². The van der Waals surface area contributed by atoms with Gasteiger partial charge in [0.25, 0.3) is 0 Å². The number of rotatable bonds is 6. The summed E-state index contributed by atoms with van der Waals surface area (Å²) in [6.07, 6.45) is 1.25. The molecule has 1 atom stereocenters. The van der Waals surface area contributed by atoms with E-state index in [-0.39, 0.29) is 11.8 Å². The molecule has 0 aromatic heterocycles. The van der Waals surface area contributed by atoms with Gasteiger partial charge in [0, 0.05) is 29.9 Å². The molecule has 1 rings (SSSR count). The topological polar surface area (TPSA) is 63.4 Å². The predicted molar refractivity (Wildman–Crippen MR) is 83.0 cm³/mol. The first kappa shape index (κ1) is 16.6. The maximum absolute atomic E-state index is 11.2. The first-order valence-corrected chi connectivity index (χ1v) is 8.94. The van der Waals surface area contributed by atoms with Gasteiger partial charge in [-0.25, -0.2) is 8.42 Å². The lowest BCUT2D eigenvalue weighted by molar-refractivity contribution is 0.264. The molecule has 0 saturated heterocycles. The van der Waals surface area contributed by atoms with Crippen LogP contribution in [-0.2, 0) is 9.84 Å². The van der Waals surface area contributed by atoms with E-state index in [2.05, 4.69) is 22.0 Å². The van der Waals surface area contributed by atoms with E-state index in [0.29, 0.717) is 13.1 Å². The molecule has 1 aromatic rings. The van der Waals surface area contributed by atoms with Crippen molar-refractivity contribution in [3.8, 4) is 0 Å². The summed E-state index contributed by atoms with van der Waals surface area (Å²) in [6, 6.07) is 6.13. The fourth-order valence-electron chi connectivity index (χ4n) is 1.91. The molecule has 0 aliphatic rings. The molecular formula is C13H21BrN2O2S. The number of sulfone groups is 1.